The van der Waals surface area contributed by atoms with Gasteiger partial charge in [-0.15, -0.1) is 11.3 Å². The van der Waals surface area contributed by atoms with Gasteiger partial charge in [0.2, 0.25) is 0 Å². The summed E-state index contributed by atoms with van der Waals surface area (Å²) in [6.07, 6.45) is 2.84. The number of phenolic OH excluding ortho intramolecular Hbond substituents is 1. The topological polar surface area (TPSA) is 60.9 Å². The molecule has 2 aromatic heterocycles. The third-order valence-corrected chi connectivity index (χ3v) is 3.94. The lowest BCUT2D eigenvalue weighted by Gasteiger charge is -2.13. The molecule has 0 radical (unpaired) electrons. The van der Waals surface area contributed by atoms with E-state index < -0.39 is 0 Å². The van der Waals surface area contributed by atoms with Gasteiger partial charge in [0.05, 0.1) is 17.2 Å². The number of nitrogens with one attached hydrogen (secondary N) is 2. The maximum atomic E-state index is 9.61. The second-order valence-corrected chi connectivity index (χ2v) is 5.22. The molecule has 3 rings (SSSR count). The Morgan fingerprint density at radius 3 is 3.11 bits per heavy atom. The Labute approximate surface area is 115 Å². The number of phenols is 1. The molecule has 19 heavy (non-hydrogen) atoms. The Hall–Kier alpha value is -1.85. The highest BCUT2D eigenvalue weighted by Crippen LogP contribution is 2.26. The van der Waals surface area contributed by atoms with E-state index in [1.165, 1.54) is 5.56 Å². The fourth-order valence-corrected chi connectivity index (χ4v) is 2.91. The van der Waals surface area contributed by atoms with E-state index in [-0.39, 0.29) is 6.04 Å². The van der Waals surface area contributed by atoms with Gasteiger partial charge in [-0.3, -0.25) is 0 Å². The van der Waals surface area contributed by atoms with Crippen LogP contribution in [0.2, 0.25) is 0 Å². The van der Waals surface area contributed by atoms with Crippen LogP contribution in [0, 0.1) is 0 Å². The van der Waals surface area contributed by atoms with Crippen molar-refractivity contribution in [2.45, 2.75) is 12.5 Å². The molecule has 0 amide bonds. The number of aromatic amines is 1. The first-order chi connectivity index (χ1) is 9.28. The van der Waals surface area contributed by atoms with Gasteiger partial charge in [0.25, 0.3) is 0 Å². The molecular weight excluding hydrogens is 258 g/mol. The number of thiazole rings is 1. The number of likely N-dealkylation sites (N-methyl/N-ethyl adjacent to an activating group) is 1. The summed E-state index contributed by atoms with van der Waals surface area (Å²) in [7, 11) is 1.94. The highest BCUT2D eigenvalue weighted by molar-refractivity contribution is 7.07. The van der Waals surface area contributed by atoms with Gasteiger partial charge in [-0.25, -0.2) is 4.98 Å². The first-order valence-electron chi connectivity index (χ1n) is 6.12. The van der Waals surface area contributed by atoms with E-state index in [2.05, 4.69) is 20.7 Å². The minimum absolute atomic E-state index is 0.188. The predicted octanol–water partition coefficient (Wildman–Crippen LogP) is 2.83. The fourth-order valence-electron chi connectivity index (χ4n) is 2.30. The van der Waals surface area contributed by atoms with Crippen LogP contribution in [0.1, 0.15) is 17.3 Å². The van der Waals surface area contributed by atoms with Crippen molar-refractivity contribution in [2.24, 2.45) is 0 Å². The number of hydrogen-bond donors (Lipinski definition) is 3. The second-order valence-electron chi connectivity index (χ2n) is 4.50. The highest BCUT2D eigenvalue weighted by atomic mass is 32.1. The van der Waals surface area contributed by atoms with Gasteiger partial charge in [-0.1, -0.05) is 0 Å². The predicted molar refractivity (Wildman–Crippen MR) is 77.6 cm³/mol. The van der Waals surface area contributed by atoms with E-state index in [1.54, 1.807) is 23.5 Å². The summed E-state index contributed by atoms with van der Waals surface area (Å²) < 4.78 is 0. The third-order valence-electron chi connectivity index (χ3n) is 3.33. The minimum atomic E-state index is 0.188. The fraction of sp³-hybridized carbons (Fsp3) is 0.214. The van der Waals surface area contributed by atoms with Crippen molar-refractivity contribution >= 4 is 22.2 Å². The number of nitrogens with zero attached hydrogens (tertiary/aromatic N) is 1. The normalized spacial score (nSPS) is 12.9. The average molecular weight is 273 g/mol. The Bertz CT molecular complexity index is 675. The number of benzene rings is 1. The zero-order valence-corrected chi connectivity index (χ0v) is 11.4. The van der Waals surface area contributed by atoms with E-state index in [9.17, 15) is 5.11 Å². The van der Waals surface area contributed by atoms with Gasteiger partial charge in [0.15, 0.2) is 0 Å². The molecule has 0 saturated carbocycles. The Morgan fingerprint density at radius 2 is 2.37 bits per heavy atom. The summed E-state index contributed by atoms with van der Waals surface area (Å²) in [6, 6.07) is 5.58. The van der Waals surface area contributed by atoms with Crippen LogP contribution < -0.4 is 5.32 Å². The lowest BCUT2D eigenvalue weighted by Crippen LogP contribution is -2.18. The molecule has 0 aliphatic heterocycles. The summed E-state index contributed by atoms with van der Waals surface area (Å²) in [5, 5.41) is 16.0. The SMILES string of the molecule is CN[C@@H](Cc1c[nH]c2ccc(O)cc12)c1cscn1. The van der Waals surface area contributed by atoms with Crippen LogP contribution in [0.25, 0.3) is 10.9 Å². The lowest BCUT2D eigenvalue weighted by molar-refractivity contribution is 0.476. The van der Waals surface area contributed by atoms with Crippen LogP contribution >= 0.6 is 11.3 Å². The van der Waals surface area contributed by atoms with Crippen LogP contribution in [0.4, 0.5) is 0 Å². The smallest absolute Gasteiger partial charge is 0.116 e. The second kappa shape index (κ2) is 5.03. The van der Waals surface area contributed by atoms with Gasteiger partial charge in [-0.05, 0) is 37.2 Å². The van der Waals surface area contributed by atoms with Crippen LogP contribution in [0.15, 0.2) is 35.3 Å². The first kappa shape index (κ1) is 12.2. The van der Waals surface area contributed by atoms with Crippen molar-refractivity contribution in [2.75, 3.05) is 7.05 Å². The van der Waals surface area contributed by atoms with Gasteiger partial charge in [-0.2, -0.15) is 0 Å². The molecule has 0 unspecified atom stereocenters. The summed E-state index contributed by atoms with van der Waals surface area (Å²) >= 11 is 1.60. The zero-order valence-electron chi connectivity index (χ0n) is 10.6. The monoisotopic (exact) mass is 273 g/mol. The van der Waals surface area contributed by atoms with Crippen LogP contribution in [-0.2, 0) is 6.42 Å². The quantitative estimate of drug-likeness (QED) is 0.685. The van der Waals surface area contributed by atoms with E-state index in [0.717, 1.165) is 23.0 Å². The van der Waals surface area contributed by atoms with Crippen LogP contribution in [-0.4, -0.2) is 22.1 Å². The van der Waals surface area contributed by atoms with Crippen molar-refractivity contribution in [3.63, 3.8) is 0 Å². The molecular formula is C14H15N3OS. The summed E-state index contributed by atoms with van der Waals surface area (Å²) in [6.45, 7) is 0. The molecule has 0 saturated heterocycles. The van der Waals surface area contributed by atoms with Gasteiger partial charge in [0, 0.05) is 22.5 Å². The molecule has 0 bridgehead atoms. The molecule has 98 valence electrons. The summed E-state index contributed by atoms with van der Waals surface area (Å²) in [4.78, 5) is 7.60. The number of rotatable bonds is 4. The van der Waals surface area contributed by atoms with E-state index >= 15 is 0 Å². The largest absolute Gasteiger partial charge is 0.508 e. The molecule has 0 aliphatic carbocycles. The summed E-state index contributed by atoms with van der Waals surface area (Å²) in [5.41, 5.74) is 5.13. The van der Waals surface area contributed by atoms with Crippen LogP contribution in [0.5, 0.6) is 5.75 Å². The molecule has 3 N–H and O–H groups in total. The standard InChI is InChI=1S/C14H15N3OS/c1-15-13(14-7-19-8-17-14)4-9-6-16-12-3-2-10(18)5-11(9)12/h2-3,5-8,13,15-16,18H,4H2,1H3/t13-/m0/s1. The number of aromatic nitrogens is 2. The molecule has 4 nitrogen and oxygen atoms in total. The van der Waals surface area contributed by atoms with Gasteiger partial charge in [0.1, 0.15) is 5.75 Å². The molecule has 3 aromatic rings. The molecule has 0 aliphatic rings. The maximum Gasteiger partial charge on any atom is 0.116 e. The molecule has 1 aromatic carbocycles. The van der Waals surface area contributed by atoms with E-state index in [1.807, 2.05) is 24.8 Å². The number of aromatic hydroxyl groups is 1. The van der Waals surface area contributed by atoms with Crippen molar-refractivity contribution in [3.8, 4) is 5.75 Å². The number of fused-ring (bicyclic) bond motifs is 1. The zero-order chi connectivity index (χ0) is 13.2. The molecule has 0 spiro atoms. The average Bonchev–Trinajstić information content (AvgIpc) is 3.05. The molecule has 1 atom stereocenters. The molecule has 0 fully saturated rings. The summed E-state index contributed by atoms with van der Waals surface area (Å²) in [5.74, 6) is 0.294. The van der Waals surface area contributed by atoms with Crippen molar-refractivity contribution < 1.29 is 5.11 Å². The maximum absolute atomic E-state index is 9.61. The van der Waals surface area contributed by atoms with Crippen LogP contribution in [0.3, 0.4) is 0 Å². The van der Waals surface area contributed by atoms with Crippen molar-refractivity contribution in [1.82, 2.24) is 15.3 Å². The highest BCUT2D eigenvalue weighted by Gasteiger charge is 2.14. The first-order valence-corrected chi connectivity index (χ1v) is 7.06. The van der Waals surface area contributed by atoms with Crippen molar-refractivity contribution in [1.29, 1.82) is 0 Å². The third kappa shape index (κ3) is 2.34. The number of H-pyrrole nitrogens is 1. The van der Waals surface area contributed by atoms with Crippen molar-refractivity contribution in [3.05, 3.63) is 46.5 Å². The molecule has 2 heterocycles. The van der Waals surface area contributed by atoms with Gasteiger partial charge < -0.3 is 15.4 Å². The van der Waals surface area contributed by atoms with E-state index in [0.29, 0.717) is 5.75 Å². The molecule has 5 heteroatoms. The Balaban J connectivity index is 1.94. The number of hydrogen-bond acceptors (Lipinski definition) is 4. The van der Waals surface area contributed by atoms with Gasteiger partial charge >= 0.3 is 0 Å². The minimum Gasteiger partial charge on any atom is -0.508 e. The Kier molecular flexibility index (Phi) is 3.23. The lowest BCUT2D eigenvalue weighted by atomic mass is 10.0. The van der Waals surface area contributed by atoms with E-state index in [4.69, 9.17) is 0 Å². The Morgan fingerprint density at radius 1 is 1.47 bits per heavy atom.